The number of methoxy groups -OCH3 is 2. The second-order valence-electron chi connectivity index (χ2n) is 4.72. The van der Waals surface area contributed by atoms with Gasteiger partial charge in [0.1, 0.15) is 0 Å². The topological polar surface area (TPSA) is 59.6 Å². The lowest BCUT2D eigenvalue weighted by atomic mass is 9.99. The highest BCUT2D eigenvalue weighted by molar-refractivity contribution is 6.34. The molecule has 0 aromatic heterocycles. The minimum absolute atomic E-state index is 0.0205. The molecule has 5 nitrogen and oxygen atoms in total. The van der Waals surface area contributed by atoms with Gasteiger partial charge in [-0.3, -0.25) is 4.79 Å². The molecule has 110 valence electrons. The molecule has 0 bridgehead atoms. The van der Waals surface area contributed by atoms with Crippen molar-refractivity contribution < 1.29 is 14.3 Å². The number of hydrogen-bond acceptors (Lipinski definition) is 4. The number of ether oxygens (including phenoxy) is 2. The number of benzene rings is 1. The van der Waals surface area contributed by atoms with Gasteiger partial charge in [0.15, 0.2) is 11.5 Å². The average molecular weight is 299 g/mol. The van der Waals surface area contributed by atoms with E-state index in [1.54, 1.807) is 26.4 Å². The maximum atomic E-state index is 12.2. The molecule has 1 fully saturated rings. The summed E-state index contributed by atoms with van der Waals surface area (Å²) in [6, 6.07) is 3.31. The minimum Gasteiger partial charge on any atom is -0.493 e. The zero-order valence-electron chi connectivity index (χ0n) is 11.7. The Morgan fingerprint density at radius 2 is 2.05 bits per heavy atom. The van der Waals surface area contributed by atoms with Gasteiger partial charge in [-0.1, -0.05) is 11.6 Å². The Bertz CT molecular complexity index is 488. The van der Waals surface area contributed by atoms with Crippen LogP contribution in [-0.4, -0.2) is 33.2 Å². The van der Waals surface area contributed by atoms with Crippen molar-refractivity contribution in [1.29, 1.82) is 0 Å². The van der Waals surface area contributed by atoms with Crippen molar-refractivity contribution in [3.05, 3.63) is 17.2 Å². The van der Waals surface area contributed by atoms with Gasteiger partial charge in [-0.05, 0) is 19.4 Å². The van der Waals surface area contributed by atoms with E-state index in [1.807, 2.05) is 0 Å². The van der Waals surface area contributed by atoms with Crippen LogP contribution < -0.4 is 20.1 Å². The second-order valence-corrected chi connectivity index (χ2v) is 5.13. The third kappa shape index (κ3) is 3.35. The monoisotopic (exact) mass is 298 g/mol. The first-order valence-corrected chi connectivity index (χ1v) is 6.96. The summed E-state index contributed by atoms with van der Waals surface area (Å²) in [7, 11) is 3.09. The zero-order valence-corrected chi connectivity index (χ0v) is 12.4. The van der Waals surface area contributed by atoms with Gasteiger partial charge >= 0.3 is 0 Å². The summed E-state index contributed by atoms with van der Waals surface area (Å²) in [6.45, 7) is 1.68. The van der Waals surface area contributed by atoms with Gasteiger partial charge in [-0.2, -0.15) is 0 Å². The van der Waals surface area contributed by atoms with Crippen LogP contribution in [0.25, 0.3) is 0 Å². The fourth-order valence-electron chi connectivity index (χ4n) is 2.26. The summed E-state index contributed by atoms with van der Waals surface area (Å²) in [5, 5.41) is 6.51. The number of anilines is 1. The highest BCUT2D eigenvalue weighted by atomic mass is 35.5. The third-order valence-corrected chi connectivity index (χ3v) is 3.71. The van der Waals surface area contributed by atoms with E-state index in [-0.39, 0.29) is 11.8 Å². The smallest absolute Gasteiger partial charge is 0.228 e. The van der Waals surface area contributed by atoms with Crippen LogP contribution >= 0.6 is 11.6 Å². The Kier molecular flexibility index (Phi) is 5.09. The van der Waals surface area contributed by atoms with Gasteiger partial charge < -0.3 is 20.1 Å². The molecule has 0 aliphatic carbocycles. The number of carbonyl (C=O) groups excluding carboxylic acids is 1. The lowest BCUT2D eigenvalue weighted by Crippen LogP contribution is -2.37. The van der Waals surface area contributed by atoms with E-state index < -0.39 is 0 Å². The standard InChI is InChI=1S/C14H19ClN2O3/c1-19-12-6-10(15)11(7-13(12)20-2)17-14(18)9-4-3-5-16-8-9/h6-7,9,16H,3-5,8H2,1-2H3,(H,17,18)/t9-/m1/s1. The van der Waals surface area contributed by atoms with Crippen LogP contribution in [0.5, 0.6) is 11.5 Å². The first-order chi connectivity index (χ1) is 9.65. The molecule has 1 atom stereocenters. The Morgan fingerprint density at radius 1 is 1.35 bits per heavy atom. The molecule has 0 unspecified atom stereocenters. The molecular weight excluding hydrogens is 280 g/mol. The Hall–Kier alpha value is -1.46. The van der Waals surface area contributed by atoms with Gasteiger partial charge in [0.25, 0.3) is 0 Å². The molecule has 0 spiro atoms. The molecule has 2 rings (SSSR count). The van der Waals surface area contributed by atoms with E-state index >= 15 is 0 Å². The van der Waals surface area contributed by atoms with Crippen molar-refractivity contribution in [1.82, 2.24) is 5.32 Å². The first-order valence-electron chi connectivity index (χ1n) is 6.58. The molecule has 1 saturated heterocycles. The van der Waals surface area contributed by atoms with Crippen LogP contribution in [0.1, 0.15) is 12.8 Å². The van der Waals surface area contributed by atoms with Gasteiger partial charge in [0, 0.05) is 18.7 Å². The van der Waals surface area contributed by atoms with Crippen LogP contribution in [0.4, 0.5) is 5.69 Å². The van der Waals surface area contributed by atoms with E-state index in [9.17, 15) is 4.79 Å². The summed E-state index contributed by atoms with van der Waals surface area (Å²) in [5.74, 6) is 1.03. The van der Waals surface area contributed by atoms with Gasteiger partial charge in [-0.15, -0.1) is 0 Å². The molecule has 1 heterocycles. The van der Waals surface area contributed by atoms with Crippen molar-refractivity contribution in [2.24, 2.45) is 5.92 Å². The normalized spacial score (nSPS) is 18.4. The quantitative estimate of drug-likeness (QED) is 0.895. The van der Waals surface area contributed by atoms with Gasteiger partial charge in [0.2, 0.25) is 5.91 Å². The van der Waals surface area contributed by atoms with Crippen LogP contribution in [0.15, 0.2) is 12.1 Å². The number of amides is 1. The van der Waals surface area contributed by atoms with E-state index in [2.05, 4.69) is 10.6 Å². The molecule has 6 heteroatoms. The number of carbonyl (C=O) groups is 1. The van der Waals surface area contributed by atoms with Crippen LogP contribution in [0, 0.1) is 5.92 Å². The predicted molar refractivity (Wildman–Crippen MR) is 78.8 cm³/mol. The summed E-state index contributed by atoms with van der Waals surface area (Å²) in [4.78, 5) is 12.2. The highest BCUT2D eigenvalue weighted by Gasteiger charge is 2.22. The molecular formula is C14H19ClN2O3. The number of piperidine rings is 1. The molecule has 1 aromatic carbocycles. The Labute approximate surface area is 123 Å². The van der Waals surface area contributed by atoms with E-state index in [1.165, 1.54) is 0 Å². The van der Waals surface area contributed by atoms with Crippen molar-refractivity contribution in [2.45, 2.75) is 12.8 Å². The van der Waals surface area contributed by atoms with Gasteiger partial charge in [0.05, 0.1) is 30.8 Å². The number of halogens is 1. The van der Waals surface area contributed by atoms with E-state index in [0.29, 0.717) is 28.8 Å². The summed E-state index contributed by atoms with van der Waals surface area (Å²) < 4.78 is 10.4. The number of hydrogen-bond donors (Lipinski definition) is 2. The molecule has 1 amide bonds. The van der Waals surface area contributed by atoms with Gasteiger partial charge in [-0.25, -0.2) is 0 Å². The summed E-state index contributed by atoms with van der Waals surface area (Å²) in [5.41, 5.74) is 0.542. The predicted octanol–water partition coefficient (Wildman–Crippen LogP) is 2.30. The molecule has 0 radical (unpaired) electrons. The molecule has 0 saturated carbocycles. The maximum absolute atomic E-state index is 12.2. The SMILES string of the molecule is COc1cc(Cl)c(NC(=O)[C@@H]2CCCNC2)cc1OC. The molecule has 1 aliphatic heterocycles. The molecule has 1 aromatic rings. The fraction of sp³-hybridized carbons (Fsp3) is 0.500. The zero-order chi connectivity index (χ0) is 14.5. The fourth-order valence-corrected chi connectivity index (χ4v) is 2.46. The summed E-state index contributed by atoms with van der Waals surface area (Å²) in [6.07, 6.45) is 1.90. The lowest BCUT2D eigenvalue weighted by Gasteiger charge is -2.22. The molecule has 1 aliphatic rings. The highest BCUT2D eigenvalue weighted by Crippen LogP contribution is 2.36. The molecule has 2 N–H and O–H groups in total. The Balaban J connectivity index is 2.13. The van der Waals surface area contributed by atoms with Crippen LogP contribution in [-0.2, 0) is 4.79 Å². The lowest BCUT2D eigenvalue weighted by molar-refractivity contribution is -0.120. The minimum atomic E-state index is -0.0219. The van der Waals surface area contributed by atoms with E-state index in [0.717, 1.165) is 19.4 Å². The van der Waals surface area contributed by atoms with Crippen molar-refractivity contribution in [2.75, 3.05) is 32.6 Å². The third-order valence-electron chi connectivity index (χ3n) is 3.40. The maximum Gasteiger partial charge on any atom is 0.228 e. The first kappa shape index (κ1) is 14.9. The van der Waals surface area contributed by atoms with E-state index in [4.69, 9.17) is 21.1 Å². The van der Waals surface area contributed by atoms with Crippen molar-refractivity contribution in [3.63, 3.8) is 0 Å². The largest absolute Gasteiger partial charge is 0.493 e. The van der Waals surface area contributed by atoms with Crippen molar-refractivity contribution >= 4 is 23.2 Å². The van der Waals surface area contributed by atoms with Crippen LogP contribution in [0.2, 0.25) is 5.02 Å². The summed E-state index contributed by atoms with van der Waals surface area (Å²) >= 11 is 6.15. The number of nitrogens with one attached hydrogen (secondary N) is 2. The average Bonchev–Trinajstić information content (AvgIpc) is 2.49. The second kappa shape index (κ2) is 6.81. The Morgan fingerprint density at radius 3 is 2.65 bits per heavy atom. The van der Waals surface area contributed by atoms with Crippen LogP contribution in [0.3, 0.4) is 0 Å². The number of rotatable bonds is 4. The molecule has 20 heavy (non-hydrogen) atoms. The van der Waals surface area contributed by atoms with Crippen molar-refractivity contribution in [3.8, 4) is 11.5 Å².